The molecule has 2 rings (SSSR count). The van der Waals surface area contributed by atoms with Gasteiger partial charge < -0.3 is 5.32 Å². The molecule has 0 spiro atoms. The Morgan fingerprint density at radius 3 is 2.76 bits per heavy atom. The molecule has 3 heteroatoms. The van der Waals surface area contributed by atoms with Crippen LogP contribution in [-0.4, -0.2) is 16.5 Å². The predicted octanol–water partition coefficient (Wildman–Crippen LogP) is 3.27. The van der Waals surface area contributed by atoms with Gasteiger partial charge in [-0.3, -0.25) is 0 Å². The Bertz CT molecular complexity index is 494. The Kier molecular flexibility index (Phi) is 3.70. The molecule has 0 atom stereocenters. The van der Waals surface area contributed by atoms with Crippen molar-refractivity contribution in [1.82, 2.24) is 9.97 Å². The molecule has 17 heavy (non-hydrogen) atoms. The second-order valence-corrected chi connectivity index (χ2v) is 4.03. The molecule has 0 saturated heterocycles. The molecule has 0 radical (unpaired) electrons. The number of hydrogen-bond donors (Lipinski definition) is 1. The Labute approximate surface area is 102 Å². The van der Waals surface area contributed by atoms with Crippen LogP contribution in [0.1, 0.15) is 18.9 Å². The van der Waals surface area contributed by atoms with Crippen molar-refractivity contribution in [2.45, 2.75) is 20.3 Å². The number of aryl methyl sites for hydroxylation is 1. The van der Waals surface area contributed by atoms with E-state index in [1.807, 2.05) is 18.2 Å². The standard InChI is InChI=1S/C14H17N3/c1-3-8-15-14-9-13(16-10-17-14)12-7-5-4-6-11(12)2/h4-7,9-10H,3,8H2,1-2H3,(H,15,16,17). The van der Waals surface area contributed by atoms with Gasteiger partial charge in [-0.05, 0) is 18.9 Å². The van der Waals surface area contributed by atoms with Gasteiger partial charge in [0.15, 0.2) is 0 Å². The number of benzene rings is 1. The zero-order valence-corrected chi connectivity index (χ0v) is 10.3. The highest BCUT2D eigenvalue weighted by Crippen LogP contribution is 2.22. The van der Waals surface area contributed by atoms with Crippen molar-refractivity contribution in [3.05, 3.63) is 42.2 Å². The molecule has 0 saturated carbocycles. The predicted molar refractivity (Wildman–Crippen MR) is 71.0 cm³/mol. The lowest BCUT2D eigenvalue weighted by Crippen LogP contribution is -2.02. The first kappa shape index (κ1) is 11.6. The van der Waals surface area contributed by atoms with E-state index in [-0.39, 0.29) is 0 Å². The highest BCUT2D eigenvalue weighted by atomic mass is 15.0. The van der Waals surface area contributed by atoms with Crippen LogP contribution in [0.3, 0.4) is 0 Å². The maximum absolute atomic E-state index is 4.33. The summed E-state index contributed by atoms with van der Waals surface area (Å²) in [5.74, 6) is 0.889. The molecule has 3 nitrogen and oxygen atoms in total. The lowest BCUT2D eigenvalue weighted by Gasteiger charge is -2.07. The maximum Gasteiger partial charge on any atom is 0.129 e. The van der Waals surface area contributed by atoms with Crippen LogP contribution < -0.4 is 5.32 Å². The van der Waals surface area contributed by atoms with Crippen molar-refractivity contribution in [2.24, 2.45) is 0 Å². The van der Waals surface area contributed by atoms with Crippen molar-refractivity contribution in [2.75, 3.05) is 11.9 Å². The van der Waals surface area contributed by atoms with Crippen molar-refractivity contribution >= 4 is 5.82 Å². The molecule has 1 aromatic carbocycles. The van der Waals surface area contributed by atoms with Crippen LogP contribution in [0.2, 0.25) is 0 Å². The normalized spacial score (nSPS) is 10.2. The minimum absolute atomic E-state index is 0.889. The molecule has 1 heterocycles. The molecule has 1 N–H and O–H groups in total. The Balaban J connectivity index is 2.30. The van der Waals surface area contributed by atoms with Gasteiger partial charge in [0, 0.05) is 18.2 Å². The summed E-state index contributed by atoms with van der Waals surface area (Å²) in [7, 11) is 0. The van der Waals surface area contributed by atoms with Crippen LogP contribution in [0.15, 0.2) is 36.7 Å². The second-order valence-electron chi connectivity index (χ2n) is 4.03. The fourth-order valence-electron chi connectivity index (χ4n) is 1.71. The van der Waals surface area contributed by atoms with Gasteiger partial charge in [0.1, 0.15) is 12.1 Å². The summed E-state index contributed by atoms with van der Waals surface area (Å²) >= 11 is 0. The first-order valence-corrected chi connectivity index (χ1v) is 5.93. The minimum Gasteiger partial charge on any atom is -0.370 e. The summed E-state index contributed by atoms with van der Waals surface area (Å²) in [4.78, 5) is 8.54. The molecule has 0 unspecified atom stereocenters. The smallest absolute Gasteiger partial charge is 0.129 e. The van der Waals surface area contributed by atoms with E-state index in [9.17, 15) is 0 Å². The molecule has 0 fully saturated rings. The van der Waals surface area contributed by atoms with Gasteiger partial charge in [-0.15, -0.1) is 0 Å². The molecule has 0 amide bonds. The lowest BCUT2D eigenvalue weighted by molar-refractivity contribution is 0.965. The Morgan fingerprint density at radius 1 is 1.18 bits per heavy atom. The quantitative estimate of drug-likeness (QED) is 0.871. The summed E-state index contributed by atoms with van der Waals surface area (Å²) in [6.07, 6.45) is 2.70. The summed E-state index contributed by atoms with van der Waals surface area (Å²) < 4.78 is 0. The van der Waals surface area contributed by atoms with Gasteiger partial charge in [0.05, 0.1) is 5.69 Å². The van der Waals surface area contributed by atoms with Gasteiger partial charge in [0.25, 0.3) is 0 Å². The summed E-state index contributed by atoms with van der Waals surface area (Å²) in [5, 5.41) is 3.27. The van der Waals surface area contributed by atoms with Gasteiger partial charge in [0.2, 0.25) is 0 Å². The summed E-state index contributed by atoms with van der Waals surface area (Å²) in [6.45, 7) is 5.16. The highest BCUT2D eigenvalue weighted by Gasteiger charge is 2.03. The topological polar surface area (TPSA) is 37.8 Å². The number of anilines is 1. The molecular formula is C14H17N3. The molecule has 0 aliphatic rings. The molecule has 2 aromatic rings. The van der Waals surface area contributed by atoms with E-state index < -0.39 is 0 Å². The van der Waals surface area contributed by atoms with E-state index in [2.05, 4.69) is 41.3 Å². The van der Waals surface area contributed by atoms with Crippen LogP contribution in [0.25, 0.3) is 11.3 Å². The van der Waals surface area contributed by atoms with Crippen LogP contribution in [-0.2, 0) is 0 Å². The fraction of sp³-hybridized carbons (Fsp3) is 0.286. The van der Waals surface area contributed by atoms with Crippen molar-refractivity contribution in [3.63, 3.8) is 0 Å². The van der Waals surface area contributed by atoms with Crippen LogP contribution in [0.5, 0.6) is 0 Å². The maximum atomic E-state index is 4.33. The second kappa shape index (κ2) is 5.43. The van der Waals surface area contributed by atoms with E-state index in [1.165, 1.54) is 5.56 Å². The SMILES string of the molecule is CCCNc1cc(-c2ccccc2C)ncn1. The van der Waals surface area contributed by atoms with Crippen LogP contribution in [0.4, 0.5) is 5.82 Å². The highest BCUT2D eigenvalue weighted by molar-refractivity contribution is 5.65. The molecular weight excluding hydrogens is 210 g/mol. The van der Waals surface area contributed by atoms with Crippen molar-refractivity contribution in [3.8, 4) is 11.3 Å². The third kappa shape index (κ3) is 2.81. The van der Waals surface area contributed by atoms with Crippen molar-refractivity contribution in [1.29, 1.82) is 0 Å². The van der Waals surface area contributed by atoms with E-state index >= 15 is 0 Å². The molecule has 0 aliphatic carbocycles. The monoisotopic (exact) mass is 227 g/mol. The Morgan fingerprint density at radius 2 is 2.00 bits per heavy atom. The van der Waals surface area contributed by atoms with E-state index in [0.29, 0.717) is 0 Å². The molecule has 88 valence electrons. The van der Waals surface area contributed by atoms with E-state index in [1.54, 1.807) is 6.33 Å². The number of rotatable bonds is 4. The average molecular weight is 227 g/mol. The first-order chi connectivity index (χ1) is 8.31. The van der Waals surface area contributed by atoms with Crippen LogP contribution in [0, 0.1) is 6.92 Å². The van der Waals surface area contributed by atoms with E-state index in [0.717, 1.165) is 30.0 Å². The largest absolute Gasteiger partial charge is 0.370 e. The number of nitrogens with zero attached hydrogens (tertiary/aromatic N) is 2. The lowest BCUT2D eigenvalue weighted by atomic mass is 10.1. The number of nitrogens with one attached hydrogen (secondary N) is 1. The van der Waals surface area contributed by atoms with Crippen LogP contribution >= 0.6 is 0 Å². The Hall–Kier alpha value is -1.90. The fourth-order valence-corrected chi connectivity index (χ4v) is 1.71. The first-order valence-electron chi connectivity index (χ1n) is 5.93. The number of hydrogen-bond acceptors (Lipinski definition) is 3. The molecule has 0 bridgehead atoms. The third-order valence-electron chi connectivity index (χ3n) is 2.64. The van der Waals surface area contributed by atoms with Gasteiger partial charge in [-0.25, -0.2) is 9.97 Å². The van der Waals surface area contributed by atoms with Crippen molar-refractivity contribution < 1.29 is 0 Å². The third-order valence-corrected chi connectivity index (χ3v) is 2.64. The zero-order chi connectivity index (χ0) is 12.1. The summed E-state index contributed by atoms with van der Waals surface area (Å²) in [5.41, 5.74) is 3.36. The minimum atomic E-state index is 0.889. The van der Waals surface area contributed by atoms with Gasteiger partial charge in [-0.2, -0.15) is 0 Å². The average Bonchev–Trinajstić information content (AvgIpc) is 2.37. The zero-order valence-electron chi connectivity index (χ0n) is 10.3. The molecule has 0 aliphatic heterocycles. The summed E-state index contributed by atoms with van der Waals surface area (Å²) in [6, 6.07) is 10.2. The van der Waals surface area contributed by atoms with E-state index in [4.69, 9.17) is 0 Å². The van der Waals surface area contributed by atoms with Gasteiger partial charge in [-0.1, -0.05) is 31.2 Å². The number of aromatic nitrogens is 2. The van der Waals surface area contributed by atoms with Gasteiger partial charge >= 0.3 is 0 Å². The molecule has 1 aromatic heterocycles.